The molecule has 26 heavy (non-hydrogen) atoms. The highest BCUT2D eigenvalue weighted by Gasteiger charge is 2.29. The molecule has 1 aliphatic rings. The third kappa shape index (κ3) is 4.59. The fourth-order valence-corrected chi connectivity index (χ4v) is 3.74. The maximum atomic E-state index is 12.3. The molecule has 2 aromatic rings. The van der Waals surface area contributed by atoms with Gasteiger partial charge in [0, 0.05) is 17.3 Å². The number of halogens is 1. The smallest absolute Gasteiger partial charge is 0.232 e. The Balaban J connectivity index is 1.69. The largest absolute Gasteiger partial charge is 0.335 e. The quantitative estimate of drug-likeness (QED) is 0.757. The van der Waals surface area contributed by atoms with Gasteiger partial charge in [0.05, 0.1) is 18.2 Å². The van der Waals surface area contributed by atoms with Gasteiger partial charge in [-0.05, 0) is 42.2 Å². The van der Waals surface area contributed by atoms with Gasteiger partial charge in [-0.15, -0.1) is 0 Å². The summed E-state index contributed by atoms with van der Waals surface area (Å²) in [5.74, 6) is 0.178. The van der Waals surface area contributed by atoms with Crippen LogP contribution in [0.15, 0.2) is 48.5 Å². The Morgan fingerprint density at radius 2 is 2.00 bits per heavy atom. The molecule has 0 saturated carbocycles. The number of amides is 2. The summed E-state index contributed by atoms with van der Waals surface area (Å²) >= 11 is 10.1. The summed E-state index contributed by atoms with van der Waals surface area (Å²) in [6.07, 6.45) is 2.20. The van der Waals surface area contributed by atoms with Crippen LogP contribution in [0.4, 0.5) is 5.69 Å². The second-order valence-corrected chi connectivity index (χ2v) is 7.14. The third-order valence-corrected chi connectivity index (χ3v) is 5.02. The molecular weight excluding hydrogens is 368 g/mol. The van der Waals surface area contributed by atoms with Gasteiger partial charge in [-0.3, -0.25) is 9.59 Å². The Kier molecular flexibility index (Phi) is 6.22. The van der Waals surface area contributed by atoms with E-state index < -0.39 is 0 Å². The van der Waals surface area contributed by atoms with Crippen LogP contribution in [-0.2, 0) is 16.0 Å². The number of hydrogen-bond donors (Lipinski definition) is 2. The molecule has 1 fully saturated rings. The van der Waals surface area contributed by atoms with Crippen molar-refractivity contribution in [1.82, 2.24) is 4.90 Å². The van der Waals surface area contributed by atoms with Crippen molar-refractivity contribution in [3.05, 3.63) is 64.7 Å². The number of rotatable bonds is 5. The summed E-state index contributed by atoms with van der Waals surface area (Å²) in [5.41, 5.74) is 2.68. The fraction of sp³-hybridized carbons (Fsp3) is 0.300. The highest BCUT2D eigenvalue weighted by molar-refractivity contribution is 7.81. The molecule has 0 spiro atoms. The Morgan fingerprint density at radius 3 is 2.77 bits per heavy atom. The Bertz CT molecular complexity index is 812. The lowest BCUT2D eigenvalue weighted by Crippen LogP contribution is -2.31. The summed E-state index contributed by atoms with van der Waals surface area (Å²) in [6.45, 7) is 0.767. The molecule has 2 aromatic carbocycles. The average molecular weight is 389 g/mol. The van der Waals surface area contributed by atoms with E-state index in [-0.39, 0.29) is 30.0 Å². The predicted molar refractivity (Wildman–Crippen MR) is 108 cm³/mol. The van der Waals surface area contributed by atoms with Crippen LogP contribution < -0.4 is 5.32 Å². The maximum absolute atomic E-state index is 12.3. The summed E-state index contributed by atoms with van der Waals surface area (Å²) in [4.78, 5) is 26.3. The van der Waals surface area contributed by atoms with Crippen LogP contribution in [0.3, 0.4) is 0 Å². The predicted octanol–water partition coefficient (Wildman–Crippen LogP) is 4.11. The highest BCUT2D eigenvalue weighted by atomic mass is 35.5. The van der Waals surface area contributed by atoms with Gasteiger partial charge in [0.25, 0.3) is 0 Å². The molecule has 1 heterocycles. The number of likely N-dealkylation sites (tertiary alicyclic amines) is 1. The standard InChI is InChI=1S/C20H21ClN2O2S/c21-16-6-2-7-17(12-16)22-19(24)11-14-4-1-5-15(10-14)18-8-3-9-23(18)20(25)13-26/h1-2,4-7,10,12,18,26H,3,8-9,11,13H2,(H,22,24)/t18-/m0/s1. The van der Waals surface area contributed by atoms with E-state index in [1.165, 1.54) is 0 Å². The van der Waals surface area contributed by atoms with Crippen LogP contribution in [-0.4, -0.2) is 29.0 Å². The van der Waals surface area contributed by atoms with Crippen molar-refractivity contribution in [2.24, 2.45) is 0 Å². The Labute approximate surface area is 163 Å². The van der Waals surface area contributed by atoms with Crippen LogP contribution in [0.2, 0.25) is 5.02 Å². The van der Waals surface area contributed by atoms with Crippen molar-refractivity contribution in [2.45, 2.75) is 25.3 Å². The van der Waals surface area contributed by atoms with Crippen molar-refractivity contribution in [3.63, 3.8) is 0 Å². The number of anilines is 1. The monoisotopic (exact) mass is 388 g/mol. The molecule has 3 rings (SSSR count). The van der Waals surface area contributed by atoms with Gasteiger partial charge in [0.2, 0.25) is 11.8 Å². The molecule has 1 saturated heterocycles. The van der Waals surface area contributed by atoms with E-state index >= 15 is 0 Å². The van der Waals surface area contributed by atoms with Crippen LogP contribution in [0.25, 0.3) is 0 Å². The second-order valence-electron chi connectivity index (χ2n) is 6.38. The molecular formula is C20H21ClN2O2S. The minimum Gasteiger partial charge on any atom is -0.335 e. The van der Waals surface area contributed by atoms with E-state index in [4.69, 9.17) is 11.6 Å². The maximum Gasteiger partial charge on any atom is 0.232 e. The lowest BCUT2D eigenvalue weighted by atomic mass is 10.0. The Hall–Kier alpha value is -1.98. The first kappa shape index (κ1) is 18.8. The molecule has 0 unspecified atom stereocenters. The number of carbonyl (C=O) groups excluding carboxylic acids is 2. The first-order valence-electron chi connectivity index (χ1n) is 8.61. The topological polar surface area (TPSA) is 49.4 Å². The SMILES string of the molecule is O=C(Cc1cccc([C@@H]2CCCN2C(=O)CS)c1)Nc1cccc(Cl)c1. The van der Waals surface area contributed by atoms with E-state index in [1.54, 1.807) is 24.3 Å². The van der Waals surface area contributed by atoms with Crippen molar-refractivity contribution >= 4 is 41.7 Å². The van der Waals surface area contributed by atoms with Crippen molar-refractivity contribution in [2.75, 3.05) is 17.6 Å². The number of carbonyl (C=O) groups is 2. The number of nitrogens with zero attached hydrogens (tertiary/aromatic N) is 1. The number of benzene rings is 2. The summed E-state index contributed by atoms with van der Waals surface area (Å²) in [6, 6.07) is 15.1. The molecule has 1 N–H and O–H groups in total. The minimum absolute atomic E-state index is 0.0555. The van der Waals surface area contributed by atoms with Crippen LogP contribution in [0.1, 0.15) is 30.0 Å². The van der Waals surface area contributed by atoms with Crippen LogP contribution in [0.5, 0.6) is 0 Å². The summed E-state index contributed by atoms with van der Waals surface area (Å²) < 4.78 is 0. The van der Waals surface area contributed by atoms with E-state index in [0.717, 1.165) is 30.5 Å². The van der Waals surface area contributed by atoms with E-state index in [1.807, 2.05) is 29.2 Å². The molecule has 2 amide bonds. The van der Waals surface area contributed by atoms with Crippen LogP contribution in [0, 0.1) is 0 Å². The van der Waals surface area contributed by atoms with Gasteiger partial charge >= 0.3 is 0 Å². The molecule has 1 atom stereocenters. The Morgan fingerprint density at radius 1 is 1.19 bits per heavy atom. The zero-order chi connectivity index (χ0) is 18.5. The number of nitrogens with one attached hydrogen (secondary N) is 1. The molecule has 4 nitrogen and oxygen atoms in total. The van der Waals surface area contributed by atoms with Gasteiger partial charge in [-0.2, -0.15) is 12.6 Å². The zero-order valence-electron chi connectivity index (χ0n) is 14.3. The second kappa shape index (κ2) is 8.60. The van der Waals surface area contributed by atoms with Gasteiger partial charge in [-0.25, -0.2) is 0 Å². The summed E-state index contributed by atoms with van der Waals surface area (Å²) in [5, 5.41) is 3.44. The number of hydrogen-bond acceptors (Lipinski definition) is 3. The normalized spacial score (nSPS) is 16.5. The first-order valence-corrected chi connectivity index (χ1v) is 9.62. The zero-order valence-corrected chi connectivity index (χ0v) is 16.0. The number of thiol groups is 1. The van der Waals surface area contributed by atoms with Crippen molar-refractivity contribution in [1.29, 1.82) is 0 Å². The average Bonchev–Trinajstić information content (AvgIpc) is 3.11. The van der Waals surface area contributed by atoms with Gasteiger partial charge in [0.1, 0.15) is 0 Å². The molecule has 6 heteroatoms. The van der Waals surface area contributed by atoms with Crippen molar-refractivity contribution in [3.8, 4) is 0 Å². The fourth-order valence-electron chi connectivity index (χ4n) is 3.37. The molecule has 136 valence electrons. The first-order chi connectivity index (χ1) is 12.6. The van der Waals surface area contributed by atoms with Crippen LogP contribution >= 0.6 is 24.2 Å². The summed E-state index contributed by atoms with van der Waals surface area (Å²) in [7, 11) is 0. The molecule has 0 aromatic heterocycles. The van der Waals surface area contributed by atoms with E-state index in [0.29, 0.717) is 10.7 Å². The molecule has 1 aliphatic heterocycles. The molecule has 0 bridgehead atoms. The lowest BCUT2D eigenvalue weighted by molar-refractivity contribution is -0.129. The van der Waals surface area contributed by atoms with Gasteiger partial charge in [0.15, 0.2) is 0 Å². The molecule has 0 aliphatic carbocycles. The lowest BCUT2D eigenvalue weighted by Gasteiger charge is -2.25. The van der Waals surface area contributed by atoms with E-state index in [9.17, 15) is 9.59 Å². The highest BCUT2D eigenvalue weighted by Crippen LogP contribution is 2.32. The van der Waals surface area contributed by atoms with E-state index in [2.05, 4.69) is 17.9 Å². The van der Waals surface area contributed by atoms with Gasteiger partial charge < -0.3 is 10.2 Å². The van der Waals surface area contributed by atoms with Crippen molar-refractivity contribution < 1.29 is 9.59 Å². The third-order valence-electron chi connectivity index (χ3n) is 4.52. The van der Waals surface area contributed by atoms with Gasteiger partial charge in [-0.1, -0.05) is 41.9 Å². The molecule has 0 radical (unpaired) electrons. The minimum atomic E-state index is -0.0980.